The number of nitrogens with one attached hydrogen (secondary N) is 2. The van der Waals surface area contributed by atoms with Crippen LogP contribution in [0.5, 0.6) is 0 Å². The molecule has 1 spiro atoms. The van der Waals surface area contributed by atoms with E-state index in [0.29, 0.717) is 18.0 Å². The summed E-state index contributed by atoms with van der Waals surface area (Å²) in [4.78, 5) is 6.87. The number of piperidine rings is 1. The molecule has 0 radical (unpaired) electrons. The molecule has 2 heterocycles. The van der Waals surface area contributed by atoms with Crippen molar-refractivity contribution < 1.29 is 8.42 Å². The van der Waals surface area contributed by atoms with E-state index in [9.17, 15) is 8.42 Å². The maximum atomic E-state index is 11.7. The van der Waals surface area contributed by atoms with E-state index in [1.807, 2.05) is 24.0 Å². The monoisotopic (exact) mass is 391 g/mol. The van der Waals surface area contributed by atoms with Crippen LogP contribution in [0.3, 0.4) is 0 Å². The Morgan fingerprint density at radius 2 is 2.16 bits per heavy atom. The highest BCUT2D eigenvalue weighted by molar-refractivity contribution is 7.89. The summed E-state index contributed by atoms with van der Waals surface area (Å²) >= 11 is 0. The van der Waals surface area contributed by atoms with Gasteiger partial charge in [-0.3, -0.25) is 4.90 Å². The zero-order chi connectivity index (χ0) is 17.2. The maximum Gasteiger partial charge on any atom is 0.211 e. The number of aryl methyl sites for hydroxylation is 1. The smallest absolute Gasteiger partial charge is 0.211 e. The van der Waals surface area contributed by atoms with Gasteiger partial charge in [-0.1, -0.05) is 0 Å². The topological polar surface area (TPSA) is 79.3 Å². The standard InChI is InChI=1S/C16H29N5O2S.ClH/c1-3-24(22,23)19-9-11-21(13-15-18-8-10-20(15)2)14-12-16(14)4-6-17-7-5-16;/h8,10,14,17,19H,3-7,9,11-13H2,1-2H3;1H. The minimum atomic E-state index is -3.13. The second kappa shape index (κ2) is 8.35. The van der Waals surface area contributed by atoms with E-state index in [1.54, 1.807) is 6.92 Å². The van der Waals surface area contributed by atoms with Gasteiger partial charge in [-0.2, -0.15) is 0 Å². The Morgan fingerprint density at radius 1 is 1.44 bits per heavy atom. The summed E-state index contributed by atoms with van der Waals surface area (Å²) in [7, 11) is -1.12. The largest absolute Gasteiger partial charge is 0.337 e. The SMILES string of the molecule is CCS(=O)(=O)NCCN(Cc1nccn1C)C1CC12CCNCC2.Cl. The van der Waals surface area contributed by atoms with Gasteiger partial charge in [0.15, 0.2) is 0 Å². The highest BCUT2D eigenvalue weighted by atomic mass is 35.5. The van der Waals surface area contributed by atoms with Crippen molar-refractivity contribution in [2.75, 3.05) is 31.9 Å². The molecule has 7 nitrogen and oxygen atoms in total. The lowest BCUT2D eigenvalue weighted by molar-refractivity contribution is 0.193. The number of aromatic nitrogens is 2. The molecule has 0 amide bonds. The summed E-state index contributed by atoms with van der Waals surface area (Å²) in [6.07, 6.45) is 7.44. The third kappa shape index (κ3) is 4.95. The average Bonchev–Trinajstić information content (AvgIpc) is 3.09. The van der Waals surface area contributed by atoms with Crippen LogP contribution in [0.1, 0.15) is 32.0 Å². The fraction of sp³-hybridized carbons (Fsp3) is 0.812. The molecule has 0 bridgehead atoms. The van der Waals surface area contributed by atoms with Crippen molar-refractivity contribution in [3.8, 4) is 0 Å². The molecule has 2 aliphatic rings. The van der Waals surface area contributed by atoms with Gasteiger partial charge in [0.1, 0.15) is 5.82 Å². The third-order valence-electron chi connectivity index (χ3n) is 5.55. The number of imidazole rings is 1. The fourth-order valence-electron chi connectivity index (χ4n) is 3.83. The second-order valence-electron chi connectivity index (χ2n) is 7.05. The van der Waals surface area contributed by atoms with Crippen molar-refractivity contribution in [2.45, 2.75) is 38.8 Å². The highest BCUT2D eigenvalue weighted by Crippen LogP contribution is 2.55. The predicted octanol–water partition coefficient (Wildman–Crippen LogP) is 0.725. The van der Waals surface area contributed by atoms with Crippen molar-refractivity contribution in [3.63, 3.8) is 0 Å². The van der Waals surface area contributed by atoms with E-state index in [0.717, 1.165) is 32.0 Å². The summed E-state index contributed by atoms with van der Waals surface area (Å²) in [6.45, 7) is 5.82. The normalized spacial score (nSPS) is 22.1. The Balaban J connectivity index is 0.00000225. The van der Waals surface area contributed by atoms with Crippen molar-refractivity contribution in [2.24, 2.45) is 12.5 Å². The van der Waals surface area contributed by atoms with Crippen LogP contribution in [0, 0.1) is 5.41 Å². The van der Waals surface area contributed by atoms with Gasteiger partial charge in [-0.05, 0) is 44.7 Å². The van der Waals surface area contributed by atoms with Gasteiger partial charge in [0.25, 0.3) is 0 Å². The molecular formula is C16H30ClN5O2S. The molecule has 1 aromatic heterocycles. The lowest BCUT2D eigenvalue weighted by Gasteiger charge is -2.29. The maximum absolute atomic E-state index is 11.7. The third-order valence-corrected chi connectivity index (χ3v) is 6.96. The van der Waals surface area contributed by atoms with Crippen molar-refractivity contribution in [1.29, 1.82) is 0 Å². The Morgan fingerprint density at radius 3 is 2.76 bits per heavy atom. The first kappa shape index (κ1) is 20.6. The van der Waals surface area contributed by atoms with Gasteiger partial charge in [0.2, 0.25) is 10.0 Å². The molecule has 0 aromatic carbocycles. The number of hydrogen-bond donors (Lipinski definition) is 2. The van der Waals surface area contributed by atoms with Gasteiger partial charge >= 0.3 is 0 Å². The zero-order valence-corrected chi connectivity index (χ0v) is 16.7. The van der Waals surface area contributed by atoms with Crippen molar-refractivity contribution in [1.82, 2.24) is 24.5 Å². The van der Waals surface area contributed by atoms with Crippen LogP contribution in [-0.2, 0) is 23.6 Å². The average molecular weight is 392 g/mol. The Kier molecular flexibility index (Phi) is 6.89. The predicted molar refractivity (Wildman–Crippen MR) is 101 cm³/mol. The van der Waals surface area contributed by atoms with Crippen LogP contribution in [0.2, 0.25) is 0 Å². The zero-order valence-electron chi connectivity index (χ0n) is 15.1. The van der Waals surface area contributed by atoms with Gasteiger partial charge in [-0.25, -0.2) is 18.1 Å². The molecule has 1 aliphatic carbocycles. The molecular weight excluding hydrogens is 362 g/mol. The molecule has 1 atom stereocenters. The number of halogens is 1. The minimum absolute atomic E-state index is 0. The molecule has 1 aliphatic heterocycles. The molecule has 1 aromatic rings. The van der Waals surface area contributed by atoms with E-state index < -0.39 is 10.0 Å². The molecule has 1 saturated carbocycles. The quantitative estimate of drug-likeness (QED) is 0.682. The lowest BCUT2D eigenvalue weighted by atomic mass is 9.93. The van der Waals surface area contributed by atoms with Crippen LogP contribution >= 0.6 is 12.4 Å². The molecule has 2 N–H and O–H groups in total. The summed E-state index contributed by atoms with van der Waals surface area (Å²) in [5, 5.41) is 3.44. The fourth-order valence-corrected chi connectivity index (χ4v) is 4.43. The van der Waals surface area contributed by atoms with Crippen LogP contribution in [0.4, 0.5) is 0 Å². The minimum Gasteiger partial charge on any atom is -0.337 e. The summed E-state index contributed by atoms with van der Waals surface area (Å²) in [6, 6.07) is 0.544. The van der Waals surface area contributed by atoms with Crippen LogP contribution < -0.4 is 10.0 Å². The van der Waals surface area contributed by atoms with E-state index >= 15 is 0 Å². The first-order valence-corrected chi connectivity index (χ1v) is 10.5. The molecule has 25 heavy (non-hydrogen) atoms. The molecule has 1 unspecified atom stereocenters. The van der Waals surface area contributed by atoms with Gasteiger partial charge in [0.05, 0.1) is 12.3 Å². The summed E-state index contributed by atoms with van der Waals surface area (Å²) < 4.78 is 28.1. The molecule has 1 saturated heterocycles. The van der Waals surface area contributed by atoms with E-state index in [4.69, 9.17) is 0 Å². The lowest BCUT2D eigenvalue weighted by Crippen LogP contribution is -2.40. The van der Waals surface area contributed by atoms with Crippen LogP contribution in [0.15, 0.2) is 12.4 Å². The highest BCUT2D eigenvalue weighted by Gasteiger charge is 2.56. The van der Waals surface area contributed by atoms with E-state index in [2.05, 4.69) is 19.9 Å². The molecule has 9 heteroatoms. The summed E-state index contributed by atoms with van der Waals surface area (Å²) in [5.41, 5.74) is 0.431. The Labute approximate surface area is 157 Å². The number of sulfonamides is 1. The number of hydrogen-bond acceptors (Lipinski definition) is 5. The van der Waals surface area contributed by atoms with E-state index in [1.165, 1.54) is 19.3 Å². The van der Waals surface area contributed by atoms with E-state index in [-0.39, 0.29) is 18.2 Å². The number of rotatable bonds is 8. The number of nitrogens with zero attached hydrogens (tertiary/aromatic N) is 3. The van der Waals surface area contributed by atoms with Gasteiger partial charge in [-0.15, -0.1) is 12.4 Å². The van der Waals surface area contributed by atoms with Crippen molar-refractivity contribution >= 4 is 22.4 Å². The van der Waals surface area contributed by atoms with Crippen molar-refractivity contribution in [3.05, 3.63) is 18.2 Å². The van der Waals surface area contributed by atoms with Crippen LogP contribution in [-0.4, -0.2) is 60.8 Å². The summed E-state index contributed by atoms with van der Waals surface area (Å²) in [5.74, 6) is 1.16. The van der Waals surface area contributed by atoms with Gasteiger partial charge in [0, 0.05) is 38.6 Å². The molecule has 2 fully saturated rings. The first-order chi connectivity index (χ1) is 11.5. The first-order valence-electron chi connectivity index (χ1n) is 8.84. The Bertz CT molecular complexity index is 657. The Hall–Kier alpha value is -0.670. The molecule has 3 rings (SSSR count). The molecule has 144 valence electrons. The van der Waals surface area contributed by atoms with Crippen LogP contribution in [0.25, 0.3) is 0 Å². The van der Waals surface area contributed by atoms with Gasteiger partial charge < -0.3 is 9.88 Å². The second-order valence-corrected chi connectivity index (χ2v) is 9.15.